The molecule has 0 aliphatic carbocycles. The number of benzene rings is 1. The number of nitrogens with two attached hydrogens (primary N) is 1. The van der Waals surface area contributed by atoms with Crippen molar-refractivity contribution in [3.63, 3.8) is 0 Å². The van der Waals surface area contributed by atoms with E-state index in [-0.39, 0.29) is 0 Å². The first kappa shape index (κ1) is 12.1. The SMILES string of the molecule is CN(C)CCCOc1cccc(N)c1Cl. The number of anilines is 1. The van der Waals surface area contributed by atoms with E-state index in [1.165, 1.54) is 0 Å². The Labute approximate surface area is 95.8 Å². The van der Waals surface area contributed by atoms with Gasteiger partial charge in [-0.25, -0.2) is 0 Å². The van der Waals surface area contributed by atoms with Crippen LogP contribution in [0, 0.1) is 0 Å². The maximum atomic E-state index is 5.97. The number of rotatable bonds is 5. The molecule has 0 unspecified atom stereocenters. The minimum absolute atomic E-state index is 0.502. The molecule has 3 nitrogen and oxygen atoms in total. The molecule has 0 radical (unpaired) electrons. The third-order valence-corrected chi connectivity index (χ3v) is 2.40. The molecule has 0 atom stereocenters. The zero-order valence-electron chi connectivity index (χ0n) is 9.16. The van der Waals surface area contributed by atoms with Crippen LogP contribution in [0.25, 0.3) is 0 Å². The fourth-order valence-electron chi connectivity index (χ4n) is 1.20. The molecule has 0 amide bonds. The van der Waals surface area contributed by atoms with Crippen molar-refractivity contribution in [1.29, 1.82) is 0 Å². The van der Waals surface area contributed by atoms with Crippen LogP contribution in [0.5, 0.6) is 5.75 Å². The van der Waals surface area contributed by atoms with E-state index in [0.717, 1.165) is 13.0 Å². The van der Waals surface area contributed by atoms with Crippen LogP contribution in [-0.2, 0) is 0 Å². The molecule has 1 aromatic rings. The van der Waals surface area contributed by atoms with Gasteiger partial charge in [-0.3, -0.25) is 0 Å². The molecule has 0 saturated carbocycles. The van der Waals surface area contributed by atoms with Gasteiger partial charge < -0.3 is 15.4 Å². The predicted octanol–water partition coefficient (Wildman–Crippen LogP) is 2.25. The van der Waals surface area contributed by atoms with Gasteiger partial charge in [-0.1, -0.05) is 17.7 Å². The van der Waals surface area contributed by atoms with Crippen molar-refractivity contribution >= 4 is 17.3 Å². The van der Waals surface area contributed by atoms with E-state index in [1.54, 1.807) is 6.07 Å². The van der Waals surface area contributed by atoms with E-state index >= 15 is 0 Å². The fraction of sp³-hybridized carbons (Fsp3) is 0.455. The van der Waals surface area contributed by atoms with E-state index in [2.05, 4.69) is 4.90 Å². The Morgan fingerprint density at radius 3 is 2.80 bits per heavy atom. The molecule has 15 heavy (non-hydrogen) atoms. The van der Waals surface area contributed by atoms with Gasteiger partial charge in [0.2, 0.25) is 0 Å². The smallest absolute Gasteiger partial charge is 0.139 e. The number of hydrogen-bond donors (Lipinski definition) is 1. The maximum absolute atomic E-state index is 5.97. The third kappa shape index (κ3) is 3.98. The van der Waals surface area contributed by atoms with Crippen molar-refractivity contribution < 1.29 is 4.74 Å². The minimum atomic E-state index is 0.502. The molecule has 1 aromatic carbocycles. The second-order valence-corrected chi connectivity index (χ2v) is 4.04. The highest BCUT2D eigenvalue weighted by molar-refractivity contribution is 6.34. The highest BCUT2D eigenvalue weighted by atomic mass is 35.5. The summed E-state index contributed by atoms with van der Waals surface area (Å²) in [5.41, 5.74) is 6.21. The molecule has 0 bridgehead atoms. The molecular weight excluding hydrogens is 212 g/mol. The van der Waals surface area contributed by atoms with Gasteiger partial charge in [0.25, 0.3) is 0 Å². The van der Waals surface area contributed by atoms with Gasteiger partial charge in [0.15, 0.2) is 0 Å². The summed E-state index contributed by atoms with van der Waals surface area (Å²) in [6.45, 7) is 1.65. The van der Waals surface area contributed by atoms with Crippen LogP contribution in [0.1, 0.15) is 6.42 Å². The largest absolute Gasteiger partial charge is 0.492 e. The summed E-state index contributed by atoms with van der Waals surface area (Å²) in [6.07, 6.45) is 0.970. The highest BCUT2D eigenvalue weighted by Gasteiger charge is 2.03. The first-order chi connectivity index (χ1) is 7.11. The van der Waals surface area contributed by atoms with E-state index in [4.69, 9.17) is 22.1 Å². The molecule has 0 saturated heterocycles. The lowest BCUT2D eigenvalue weighted by molar-refractivity contribution is 0.282. The molecule has 0 aliphatic rings. The summed E-state index contributed by atoms with van der Waals surface area (Å²) in [4.78, 5) is 2.12. The molecule has 2 N–H and O–H groups in total. The van der Waals surface area contributed by atoms with Gasteiger partial charge in [0, 0.05) is 6.54 Å². The van der Waals surface area contributed by atoms with Crippen molar-refractivity contribution in [1.82, 2.24) is 4.90 Å². The van der Waals surface area contributed by atoms with Crippen LogP contribution in [0.4, 0.5) is 5.69 Å². The Balaban J connectivity index is 2.41. The van der Waals surface area contributed by atoms with Gasteiger partial charge in [0.1, 0.15) is 10.8 Å². The molecular formula is C11H17ClN2O. The lowest BCUT2D eigenvalue weighted by Crippen LogP contribution is -2.15. The summed E-state index contributed by atoms with van der Waals surface area (Å²) in [7, 11) is 4.07. The number of ether oxygens (including phenoxy) is 1. The topological polar surface area (TPSA) is 38.5 Å². The van der Waals surface area contributed by atoms with Gasteiger partial charge >= 0.3 is 0 Å². The second-order valence-electron chi connectivity index (χ2n) is 3.66. The summed E-state index contributed by atoms with van der Waals surface area (Å²) < 4.78 is 5.53. The lowest BCUT2D eigenvalue weighted by atomic mass is 10.3. The number of nitrogen functional groups attached to an aromatic ring is 1. The fourth-order valence-corrected chi connectivity index (χ4v) is 1.38. The van der Waals surface area contributed by atoms with Crippen LogP contribution < -0.4 is 10.5 Å². The van der Waals surface area contributed by atoms with E-state index < -0.39 is 0 Å². The van der Waals surface area contributed by atoms with Gasteiger partial charge in [-0.15, -0.1) is 0 Å². The minimum Gasteiger partial charge on any atom is -0.492 e. The predicted molar refractivity (Wildman–Crippen MR) is 64.5 cm³/mol. The van der Waals surface area contributed by atoms with Gasteiger partial charge in [0.05, 0.1) is 12.3 Å². The number of halogens is 1. The Hall–Kier alpha value is -0.930. The molecule has 4 heteroatoms. The first-order valence-electron chi connectivity index (χ1n) is 4.93. The van der Waals surface area contributed by atoms with Crippen LogP contribution in [0.3, 0.4) is 0 Å². The lowest BCUT2D eigenvalue weighted by Gasteiger charge is -2.11. The molecule has 84 valence electrons. The van der Waals surface area contributed by atoms with Gasteiger partial charge in [-0.2, -0.15) is 0 Å². The Bertz CT molecular complexity index is 315. The molecule has 0 aromatic heterocycles. The molecule has 0 heterocycles. The number of nitrogens with zero attached hydrogens (tertiary/aromatic N) is 1. The molecule has 0 aliphatic heterocycles. The van der Waals surface area contributed by atoms with Gasteiger partial charge in [-0.05, 0) is 32.6 Å². The zero-order valence-corrected chi connectivity index (χ0v) is 9.92. The van der Waals surface area contributed by atoms with Crippen LogP contribution in [0.2, 0.25) is 5.02 Å². The molecule has 0 spiro atoms. The van der Waals surface area contributed by atoms with E-state index in [9.17, 15) is 0 Å². The summed E-state index contributed by atoms with van der Waals surface area (Å²) in [5.74, 6) is 0.662. The van der Waals surface area contributed by atoms with Crippen molar-refractivity contribution in [3.05, 3.63) is 23.2 Å². The van der Waals surface area contributed by atoms with Crippen LogP contribution >= 0.6 is 11.6 Å². The standard InChI is InChI=1S/C11H17ClN2O/c1-14(2)7-4-8-15-10-6-3-5-9(13)11(10)12/h3,5-6H,4,7-8,13H2,1-2H3. The second kappa shape index (κ2) is 5.83. The van der Waals surface area contributed by atoms with Crippen molar-refractivity contribution in [3.8, 4) is 5.75 Å². The third-order valence-electron chi connectivity index (χ3n) is 2.00. The van der Waals surface area contributed by atoms with E-state index in [1.807, 2.05) is 26.2 Å². The molecule has 1 rings (SSSR count). The maximum Gasteiger partial charge on any atom is 0.139 e. The average molecular weight is 229 g/mol. The van der Waals surface area contributed by atoms with Crippen molar-refractivity contribution in [2.45, 2.75) is 6.42 Å². The van der Waals surface area contributed by atoms with Crippen LogP contribution in [0.15, 0.2) is 18.2 Å². The summed E-state index contributed by atoms with van der Waals surface area (Å²) in [6, 6.07) is 5.42. The van der Waals surface area contributed by atoms with Crippen molar-refractivity contribution in [2.75, 3.05) is 33.0 Å². The quantitative estimate of drug-likeness (QED) is 0.621. The highest BCUT2D eigenvalue weighted by Crippen LogP contribution is 2.29. The zero-order chi connectivity index (χ0) is 11.3. The first-order valence-corrected chi connectivity index (χ1v) is 5.30. The Kier molecular flexibility index (Phi) is 4.72. The Morgan fingerprint density at radius 2 is 2.13 bits per heavy atom. The molecule has 0 fully saturated rings. The average Bonchev–Trinajstić information content (AvgIpc) is 2.18. The Morgan fingerprint density at radius 1 is 1.40 bits per heavy atom. The summed E-state index contributed by atoms with van der Waals surface area (Å²) >= 11 is 5.97. The van der Waals surface area contributed by atoms with E-state index in [0.29, 0.717) is 23.1 Å². The van der Waals surface area contributed by atoms with Crippen LogP contribution in [-0.4, -0.2) is 32.1 Å². The monoisotopic (exact) mass is 228 g/mol. The number of hydrogen-bond acceptors (Lipinski definition) is 3. The normalized spacial score (nSPS) is 10.7. The van der Waals surface area contributed by atoms with Crippen molar-refractivity contribution in [2.24, 2.45) is 0 Å². The summed E-state index contributed by atoms with van der Waals surface area (Å²) in [5, 5.41) is 0.502.